The fourth-order valence-corrected chi connectivity index (χ4v) is 4.30. The van der Waals surface area contributed by atoms with Gasteiger partial charge in [-0.15, -0.1) is 0 Å². The number of pyridine rings is 1. The van der Waals surface area contributed by atoms with Crippen molar-refractivity contribution in [2.75, 3.05) is 30.9 Å². The van der Waals surface area contributed by atoms with Gasteiger partial charge in [0.1, 0.15) is 5.82 Å². The van der Waals surface area contributed by atoms with Crippen LogP contribution >= 0.6 is 0 Å². The maximum Gasteiger partial charge on any atom is 0.251 e. The predicted octanol–water partition coefficient (Wildman–Crippen LogP) is 4.98. The lowest BCUT2D eigenvalue weighted by Gasteiger charge is -2.30. The molecule has 7 heteroatoms. The van der Waals surface area contributed by atoms with Crippen molar-refractivity contribution in [3.63, 3.8) is 0 Å². The molecule has 1 saturated carbocycles. The minimum Gasteiger partial charge on any atom is -0.377 e. The molecule has 0 bridgehead atoms. The number of anilines is 2. The highest BCUT2D eigenvalue weighted by Crippen LogP contribution is 2.30. The summed E-state index contributed by atoms with van der Waals surface area (Å²) in [5.74, 6) is -1.10. The Bertz CT molecular complexity index is 1110. The Morgan fingerprint density at radius 3 is 2.50 bits per heavy atom. The molecular weight excluding hydrogens is 410 g/mol. The molecule has 32 heavy (non-hydrogen) atoms. The van der Waals surface area contributed by atoms with Crippen molar-refractivity contribution in [3.8, 4) is 0 Å². The van der Waals surface area contributed by atoms with Crippen molar-refractivity contribution in [2.45, 2.75) is 31.7 Å². The van der Waals surface area contributed by atoms with Gasteiger partial charge in [0.2, 0.25) is 0 Å². The quantitative estimate of drug-likeness (QED) is 0.570. The average Bonchev–Trinajstić information content (AvgIpc) is 2.79. The van der Waals surface area contributed by atoms with Crippen LogP contribution in [0.2, 0.25) is 0 Å². The van der Waals surface area contributed by atoms with Crippen LogP contribution in [-0.2, 0) is 0 Å². The number of aromatic nitrogens is 1. The Labute approximate surface area is 186 Å². The molecule has 1 aromatic heterocycles. The number of benzene rings is 2. The normalized spacial score (nSPS) is 18.4. The zero-order valence-corrected chi connectivity index (χ0v) is 18.4. The third-order valence-electron chi connectivity index (χ3n) is 6.11. The van der Waals surface area contributed by atoms with Crippen LogP contribution in [0.15, 0.2) is 48.5 Å². The molecule has 0 spiro atoms. The van der Waals surface area contributed by atoms with Crippen molar-refractivity contribution < 1.29 is 13.6 Å². The van der Waals surface area contributed by atoms with Crippen LogP contribution in [0.3, 0.4) is 0 Å². The fourth-order valence-electron chi connectivity index (χ4n) is 4.30. The van der Waals surface area contributed by atoms with Crippen LogP contribution in [0.5, 0.6) is 0 Å². The highest BCUT2D eigenvalue weighted by molar-refractivity contribution is 5.94. The zero-order valence-electron chi connectivity index (χ0n) is 18.4. The van der Waals surface area contributed by atoms with Crippen LogP contribution < -0.4 is 15.5 Å². The molecule has 1 fully saturated rings. The summed E-state index contributed by atoms with van der Waals surface area (Å²) in [5.41, 5.74) is 2.24. The standard InChI is InChI=1S/C25H28F2N4O/c1-31(2)23-14-24(30-22-6-4-3-5-19(22)23)29-18-10-7-16(8-11-18)15-28-25(32)17-9-12-20(26)21(27)13-17/h3-6,9,12-14,16,18H,7-8,10-11,15H2,1-2H3,(H,28,32)(H,29,30). The lowest BCUT2D eigenvalue weighted by atomic mass is 9.86. The summed E-state index contributed by atoms with van der Waals surface area (Å²) in [6, 6.07) is 13.8. The monoisotopic (exact) mass is 438 g/mol. The van der Waals surface area contributed by atoms with Gasteiger partial charge in [0.25, 0.3) is 5.91 Å². The Kier molecular flexibility index (Phi) is 6.53. The molecule has 1 amide bonds. The van der Waals surface area contributed by atoms with E-state index in [0.29, 0.717) is 18.5 Å². The van der Waals surface area contributed by atoms with E-state index in [2.05, 4.69) is 27.7 Å². The van der Waals surface area contributed by atoms with Gasteiger partial charge < -0.3 is 15.5 Å². The number of para-hydroxylation sites is 1. The second kappa shape index (κ2) is 9.51. The maximum atomic E-state index is 13.3. The van der Waals surface area contributed by atoms with Crippen LogP contribution in [0.1, 0.15) is 36.0 Å². The van der Waals surface area contributed by atoms with Crippen LogP contribution in [0.4, 0.5) is 20.3 Å². The first-order valence-corrected chi connectivity index (χ1v) is 11.0. The van der Waals surface area contributed by atoms with Gasteiger partial charge in [-0.05, 0) is 55.9 Å². The second-order valence-electron chi connectivity index (χ2n) is 8.64. The third-order valence-corrected chi connectivity index (χ3v) is 6.11. The van der Waals surface area contributed by atoms with Crippen molar-refractivity contribution in [2.24, 2.45) is 5.92 Å². The number of hydrogen-bond acceptors (Lipinski definition) is 4. The van der Waals surface area contributed by atoms with E-state index in [4.69, 9.17) is 4.98 Å². The smallest absolute Gasteiger partial charge is 0.251 e. The van der Waals surface area contributed by atoms with E-state index in [1.807, 2.05) is 32.3 Å². The van der Waals surface area contributed by atoms with E-state index >= 15 is 0 Å². The molecule has 0 saturated heterocycles. The predicted molar refractivity (Wildman–Crippen MR) is 124 cm³/mol. The Hall–Kier alpha value is -3.22. The summed E-state index contributed by atoms with van der Waals surface area (Å²) in [6.07, 6.45) is 3.92. The van der Waals surface area contributed by atoms with Crippen molar-refractivity contribution in [1.29, 1.82) is 0 Å². The first-order valence-electron chi connectivity index (χ1n) is 11.0. The van der Waals surface area contributed by atoms with Crippen LogP contribution in [0.25, 0.3) is 10.9 Å². The summed E-state index contributed by atoms with van der Waals surface area (Å²) >= 11 is 0. The summed E-state index contributed by atoms with van der Waals surface area (Å²) < 4.78 is 26.4. The first-order chi connectivity index (χ1) is 15.4. The Morgan fingerprint density at radius 1 is 1.03 bits per heavy atom. The molecule has 1 heterocycles. The third kappa shape index (κ3) is 4.98. The number of nitrogens with one attached hydrogen (secondary N) is 2. The lowest BCUT2D eigenvalue weighted by Crippen LogP contribution is -2.34. The van der Waals surface area contributed by atoms with Gasteiger partial charge in [-0.25, -0.2) is 13.8 Å². The number of carbonyl (C=O) groups excluding carboxylic acids is 1. The van der Waals surface area contributed by atoms with Gasteiger partial charge in [-0.1, -0.05) is 18.2 Å². The number of hydrogen-bond donors (Lipinski definition) is 2. The molecule has 2 N–H and O–H groups in total. The topological polar surface area (TPSA) is 57.3 Å². The van der Waals surface area contributed by atoms with E-state index in [1.54, 1.807) is 0 Å². The molecule has 3 aromatic rings. The van der Waals surface area contributed by atoms with Crippen molar-refractivity contribution in [1.82, 2.24) is 10.3 Å². The molecule has 2 aromatic carbocycles. The average molecular weight is 439 g/mol. The van der Waals surface area contributed by atoms with E-state index in [0.717, 1.165) is 60.2 Å². The molecule has 5 nitrogen and oxygen atoms in total. The Balaban J connectivity index is 1.31. The number of fused-ring (bicyclic) bond motifs is 1. The highest BCUT2D eigenvalue weighted by atomic mass is 19.2. The van der Waals surface area contributed by atoms with E-state index < -0.39 is 11.6 Å². The van der Waals surface area contributed by atoms with Gasteiger partial charge in [-0.3, -0.25) is 4.79 Å². The number of amides is 1. The van der Waals surface area contributed by atoms with E-state index in [-0.39, 0.29) is 11.5 Å². The number of halogens is 2. The Morgan fingerprint density at radius 2 is 1.78 bits per heavy atom. The summed E-state index contributed by atoms with van der Waals surface area (Å²) in [7, 11) is 4.07. The van der Waals surface area contributed by atoms with Crippen molar-refractivity contribution in [3.05, 3.63) is 65.7 Å². The molecule has 0 aliphatic heterocycles. The van der Waals surface area contributed by atoms with Crippen LogP contribution in [-0.4, -0.2) is 37.6 Å². The number of carbonyl (C=O) groups is 1. The minimum atomic E-state index is -1.01. The van der Waals surface area contributed by atoms with E-state index in [9.17, 15) is 13.6 Å². The summed E-state index contributed by atoms with van der Waals surface area (Å²) in [4.78, 5) is 19.1. The van der Waals surface area contributed by atoms with Gasteiger partial charge in [0, 0.05) is 49.4 Å². The highest BCUT2D eigenvalue weighted by Gasteiger charge is 2.22. The summed E-state index contributed by atoms with van der Waals surface area (Å²) in [6.45, 7) is 0.531. The second-order valence-corrected chi connectivity index (χ2v) is 8.64. The number of nitrogens with zero attached hydrogens (tertiary/aromatic N) is 2. The van der Waals surface area contributed by atoms with Gasteiger partial charge in [0.05, 0.1) is 5.52 Å². The van der Waals surface area contributed by atoms with Crippen molar-refractivity contribution >= 4 is 28.3 Å². The largest absolute Gasteiger partial charge is 0.377 e. The molecule has 0 radical (unpaired) electrons. The molecule has 4 rings (SSSR count). The van der Waals surface area contributed by atoms with Gasteiger partial charge >= 0.3 is 0 Å². The zero-order chi connectivity index (χ0) is 22.7. The fraction of sp³-hybridized carbons (Fsp3) is 0.360. The molecule has 168 valence electrons. The van der Waals surface area contributed by atoms with Crippen LogP contribution in [0, 0.1) is 17.6 Å². The molecular formula is C25H28F2N4O. The molecule has 0 atom stereocenters. The molecule has 1 aliphatic rings. The maximum absolute atomic E-state index is 13.3. The van der Waals surface area contributed by atoms with Gasteiger partial charge in [0.15, 0.2) is 11.6 Å². The molecule has 0 unspecified atom stereocenters. The lowest BCUT2D eigenvalue weighted by molar-refractivity contribution is 0.0942. The minimum absolute atomic E-state index is 0.137. The van der Waals surface area contributed by atoms with Gasteiger partial charge in [-0.2, -0.15) is 0 Å². The SMILES string of the molecule is CN(C)c1cc(NC2CCC(CNC(=O)c3ccc(F)c(F)c3)CC2)nc2ccccc12. The first kappa shape index (κ1) is 22.0. The van der Waals surface area contributed by atoms with E-state index in [1.165, 1.54) is 6.07 Å². The molecule has 1 aliphatic carbocycles. The number of rotatable bonds is 6. The summed E-state index contributed by atoms with van der Waals surface area (Å²) in [5, 5.41) is 7.57.